The lowest BCUT2D eigenvalue weighted by atomic mass is 10.2. The zero-order chi connectivity index (χ0) is 10.0. The molecule has 13 heavy (non-hydrogen) atoms. The maximum Gasteiger partial charge on any atom is 0.236 e. The Morgan fingerprint density at radius 3 is 2.46 bits per heavy atom. The molecule has 74 valence electrons. The average molecular weight is 182 g/mol. The van der Waals surface area contributed by atoms with Crippen molar-refractivity contribution in [3.05, 3.63) is 11.3 Å². The third kappa shape index (κ3) is 2.02. The molecule has 1 aromatic rings. The molecule has 1 heterocycles. The summed E-state index contributed by atoms with van der Waals surface area (Å²) in [6.45, 7) is 8.21. The van der Waals surface area contributed by atoms with Crippen LogP contribution in [0.3, 0.4) is 0 Å². The molecule has 1 aromatic heterocycles. The molecule has 0 aliphatic heterocycles. The van der Waals surface area contributed by atoms with Gasteiger partial charge in [0.2, 0.25) is 5.88 Å². The molecule has 0 spiro atoms. The summed E-state index contributed by atoms with van der Waals surface area (Å²) in [5.41, 5.74) is 2.41. The lowest BCUT2D eigenvalue weighted by Gasteiger charge is -2.06. The summed E-state index contributed by atoms with van der Waals surface area (Å²) < 4.78 is 7.47. The van der Waals surface area contributed by atoms with Gasteiger partial charge in [-0.25, -0.2) is 0 Å². The Morgan fingerprint density at radius 2 is 2.08 bits per heavy atom. The van der Waals surface area contributed by atoms with Crippen LogP contribution in [-0.4, -0.2) is 15.9 Å². The molecule has 0 atom stereocenters. The Morgan fingerprint density at radius 1 is 1.46 bits per heavy atom. The van der Waals surface area contributed by atoms with Crippen molar-refractivity contribution in [2.75, 3.05) is 0 Å². The molecule has 1 rings (SSSR count). The van der Waals surface area contributed by atoms with Crippen molar-refractivity contribution in [1.29, 1.82) is 0 Å². The highest BCUT2D eigenvalue weighted by molar-refractivity contribution is 5.29. The molecule has 0 aromatic carbocycles. The second-order valence-corrected chi connectivity index (χ2v) is 3.52. The van der Waals surface area contributed by atoms with E-state index in [1.165, 1.54) is 11.3 Å². The number of rotatable bonds is 3. The minimum absolute atomic E-state index is 0.193. The minimum atomic E-state index is 0.193. The number of nitrogens with zero attached hydrogens (tertiary/aromatic N) is 2. The molecule has 0 N–H and O–H groups in total. The van der Waals surface area contributed by atoms with Gasteiger partial charge in [0.1, 0.15) is 0 Å². The molecule has 0 saturated carbocycles. The van der Waals surface area contributed by atoms with Crippen LogP contribution >= 0.6 is 0 Å². The first-order chi connectivity index (χ1) is 6.06. The largest absolute Gasteiger partial charge is 0.474 e. The van der Waals surface area contributed by atoms with Gasteiger partial charge >= 0.3 is 0 Å². The summed E-state index contributed by atoms with van der Waals surface area (Å²) in [4.78, 5) is 0. The summed E-state index contributed by atoms with van der Waals surface area (Å²) in [6, 6.07) is 0. The van der Waals surface area contributed by atoms with Gasteiger partial charge in [-0.1, -0.05) is 6.92 Å². The second kappa shape index (κ2) is 3.81. The Balaban J connectivity index is 2.96. The quantitative estimate of drug-likeness (QED) is 0.715. The number of aryl methyl sites for hydroxylation is 1. The fourth-order valence-electron chi connectivity index (χ4n) is 1.47. The highest BCUT2D eigenvalue weighted by atomic mass is 16.5. The monoisotopic (exact) mass is 182 g/mol. The fraction of sp³-hybridized carbons (Fsp3) is 0.700. The molecule has 3 heteroatoms. The van der Waals surface area contributed by atoms with E-state index in [0.717, 1.165) is 12.3 Å². The lowest BCUT2D eigenvalue weighted by Crippen LogP contribution is -2.06. The standard InChI is InChI=1S/C10H18N2O/c1-6-9-8(4)10(11-12(9)5)13-7(2)3/h7H,6H2,1-5H3. The Labute approximate surface area is 79.7 Å². The topological polar surface area (TPSA) is 27.1 Å². The van der Waals surface area contributed by atoms with Crippen LogP contribution in [0.15, 0.2) is 0 Å². The van der Waals surface area contributed by atoms with Crippen LogP contribution in [0.5, 0.6) is 5.88 Å². The van der Waals surface area contributed by atoms with Crippen molar-refractivity contribution in [2.45, 2.75) is 40.2 Å². The van der Waals surface area contributed by atoms with E-state index in [1.54, 1.807) is 0 Å². The Hall–Kier alpha value is -0.990. The van der Waals surface area contributed by atoms with Gasteiger partial charge in [-0.05, 0) is 27.2 Å². The van der Waals surface area contributed by atoms with Crippen molar-refractivity contribution < 1.29 is 4.74 Å². The minimum Gasteiger partial charge on any atom is -0.474 e. The van der Waals surface area contributed by atoms with E-state index < -0.39 is 0 Å². The second-order valence-electron chi connectivity index (χ2n) is 3.52. The zero-order valence-electron chi connectivity index (χ0n) is 9.09. The molecule has 3 nitrogen and oxygen atoms in total. The highest BCUT2D eigenvalue weighted by Gasteiger charge is 2.12. The van der Waals surface area contributed by atoms with Crippen LogP contribution in [0.2, 0.25) is 0 Å². The maximum absolute atomic E-state index is 5.58. The number of aromatic nitrogens is 2. The summed E-state index contributed by atoms with van der Waals surface area (Å²) in [7, 11) is 1.96. The summed E-state index contributed by atoms with van der Waals surface area (Å²) in [6.07, 6.45) is 1.19. The predicted octanol–water partition coefficient (Wildman–Crippen LogP) is 2.08. The predicted molar refractivity (Wildman–Crippen MR) is 53.1 cm³/mol. The smallest absolute Gasteiger partial charge is 0.236 e. The van der Waals surface area contributed by atoms with E-state index in [4.69, 9.17) is 4.74 Å². The molecular formula is C10H18N2O. The summed E-state index contributed by atoms with van der Waals surface area (Å²) in [5.74, 6) is 0.773. The van der Waals surface area contributed by atoms with Crippen LogP contribution in [-0.2, 0) is 13.5 Å². The van der Waals surface area contributed by atoms with E-state index >= 15 is 0 Å². The van der Waals surface area contributed by atoms with Gasteiger partial charge in [0.15, 0.2) is 0 Å². The number of hydrogen-bond donors (Lipinski definition) is 0. The van der Waals surface area contributed by atoms with Crippen LogP contribution < -0.4 is 4.74 Å². The molecule has 0 amide bonds. The molecule has 0 aliphatic rings. The summed E-state index contributed by atoms with van der Waals surface area (Å²) >= 11 is 0. The van der Waals surface area contributed by atoms with Crippen molar-refractivity contribution >= 4 is 0 Å². The van der Waals surface area contributed by atoms with Crippen LogP contribution in [0.25, 0.3) is 0 Å². The fourth-order valence-corrected chi connectivity index (χ4v) is 1.47. The number of hydrogen-bond acceptors (Lipinski definition) is 2. The van der Waals surface area contributed by atoms with E-state index in [-0.39, 0.29) is 6.10 Å². The van der Waals surface area contributed by atoms with Gasteiger partial charge in [0, 0.05) is 18.3 Å². The van der Waals surface area contributed by atoms with Crippen LogP contribution in [0.4, 0.5) is 0 Å². The van der Waals surface area contributed by atoms with Crippen LogP contribution in [0.1, 0.15) is 32.0 Å². The maximum atomic E-state index is 5.58. The Kier molecular flexibility index (Phi) is 2.96. The van der Waals surface area contributed by atoms with Crippen molar-refractivity contribution in [3.63, 3.8) is 0 Å². The van der Waals surface area contributed by atoms with Gasteiger partial charge in [0.25, 0.3) is 0 Å². The lowest BCUT2D eigenvalue weighted by molar-refractivity contribution is 0.229. The molecular weight excluding hydrogens is 164 g/mol. The van der Waals surface area contributed by atoms with E-state index in [9.17, 15) is 0 Å². The van der Waals surface area contributed by atoms with Gasteiger partial charge in [-0.3, -0.25) is 4.68 Å². The molecule has 0 radical (unpaired) electrons. The van der Waals surface area contributed by atoms with Crippen LogP contribution in [0, 0.1) is 6.92 Å². The van der Waals surface area contributed by atoms with E-state index in [0.29, 0.717) is 0 Å². The normalized spacial score (nSPS) is 10.9. The van der Waals surface area contributed by atoms with Crippen molar-refractivity contribution in [3.8, 4) is 5.88 Å². The first-order valence-electron chi connectivity index (χ1n) is 4.75. The molecule has 0 unspecified atom stereocenters. The average Bonchev–Trinajstić information content (AvgIpc) is 2.26. The highest BCUT2D eigenvalue weighted by Crippen LogP contribution is 2.20. The van der Waals surface area contributed by atoms with Gasteiger partial charge in [-0.15, -0.1) is 5.10 Å². The molecule has 0 fully saturated rings. The Bertz CT molecular complexity index is 289. The third-order valence-corrected chi connectivity index (χ3v) is 2.07. The number of ether oxygens (including phenoxy) is 1. The molecule has 0 saturated heterocycles. The van der Waals surface area contributed by atoms with Gasteiger partial charge in [0.05, 0.1) is 6.10 Å². The van der Waals surface area contributed by atoms with Gasteiger partial charge in [-0.2, -0.15) is 0 Å². The first kappa shape index (κ1) is 10.1. The first-order valence-corrected chi connectivity index (χ1v) is 4.75. The van der Waals surface area contributed by atoms with E-state index in [2.05, 4.69) is 18.9 Å². The SMILES string of the molecule is CCc1c(C)c(OC(C)C)nn1C. The summed E-state index contributed by atoms with van der Waals surface area (Å²) in [5, 5.41) is 4.32. The van der Waals surface area contributed by atoms with Crippen molar-refractivity contribution in [1.82, 2.24) is 9.78 Å². The van der Waals surface area contributed by atoms with Crippen molar-refractivity contribution in [2.24, 2.45) is 7.05 Å². The molecule has 0 aliphatic carbocycles. The third-order valence-electron chi connectivity index (χ3n) is 2.07. The van der Waals surface area contributed by atoms with Gasteiger partial charge < -0.3 is 4.74 Å². The van der Waals surface area contributed by atoms with E-state index in [1.807, 2.05) is 25.6 Å². The zero-order valence-corrected chi connectivity index (χ0v) is 9.09. The molecule has 0 bridgehead atoms.